The highest BCUT2D eigenvalue weighted by Gasteiger charge is 2.08. The van der Waals surface area contributed by atoms with Crippen LogP contribution in [-0.2, 0) is 7.05 Å². The van der Waals surface area contributed by atoms with Crippen LogP contribution in [0.15, 0.2) is 67.1 Å². The summed E-state index contributed by atoms with van der Waals surface area (Å²) >= 11 is 0. The van der Waals surface area contributed by atoms with Gasteiger partial charge in [0.05, 0.1) is 12.0 Å². The molecule has 0 radical (unpaired) electrons. The highest BCUT2D eigenvalue weighted by Crippen LogP contribution is 2.30. The minimum atomic E-state index is 1.01. The third-order valence-electron chi connectivity index (χ3n) is 2.99. The first-order chi connectivity index (χ1) is 8.84. The monoisotopic (exact) mass is 234 g/mol. The van der Waals surface area contributed by atoms with Gasteiger partial charge >= 0.3 is 0 Å². The molecule has 0 saturated heterocycles. The molecule has 2 heteroatoms. The van der Waals surface area contributed by atoms with Crippen molar-refractivity contribution in [1.29, 1.82) is 0 Å². The topological polar surface area (TPSA) is 17.8 Å². The van der Waals surface area contributed by atoms with Crippen molar-refractivity contribution in [2.75, 3.05) is 0 Å². The van der Waals surface area contributed by atoms with Crippen molar-refractivity contribution in [3.05, 3.63) is 67.1 Å². The maximum Gasteiger partial charge on any atom is 0.0951 e. The molecule has 2 nitrogen and oxygen atoms in total. The number of hydrogen-bond acceptors (Lipinski definition) is 1. The summed E-state index contributed by atoms with van der Waals surface area (Å²) < 4.78 is 1.97. The predicted octanol–water partition coefficient (Wildman–Crippen LogP) is 3.75. The minimum Gasteiger partial charge on any atom is -0.340 e. The number of nitrogens with zero attached hydrogens (tertiary/aromatic N) is 2. The van der Waals surface area contributed by atoms with Crippen LogP contribution < -0.4 is 0 Å². The van der Waals surface area contributed by atoms with Crippen molar-refractivity contribution < 1.29 is 0 Å². The quantitative estimate of drug-likeness (QED) is 0.660. The Kier molecular flexibility index (Phi) is 2.69. The Balaban J connectivity index is 2.17. The second kappa shape index (κ2) is 4.49. The maximum atomic E-state index is 4.44. The van der Waals surface area contributed by atoms with Crippen LogP contribution in [0.1, 0.15) is 0 Å². The molecule has 2 aromatic carbocycles. The van der Waals surface area contributed by atoms with E-state index < -0.39 is 0 Å². The average molecular weight is 234 g/mol. The Morgan fingerprint density at radius 3 is 2.17 bits per heavy atom. The summed E-state index contributed by atoms with van der Waals surface area (Å²) in [6.07, 6.45) is 3.87. The Hall–Kier alpha value is -2.35. The smallest absolute Gasteiger partial charge is 0.0951 e. The number of rotatable bonds is 2. The van der Waals surface area contributed by atoms with Crippen LogP contribution in [0.5, 0.6) is 0 Å². The molecule has 1 aromatic heterocycles. The fourth-order valence-electron chi connectivity index (χ4n) is 2.13. The van der Waals surface area contributed by atoms with Gasteiger partial charge in [-0.3, -0.25) is 0 Å². The van der Waals surface area contributed by atoms with E-state index in [1.165, 1.54) is 16.7 Å². The van der Waals surface area contributed by atoms with Crippen molar-refractivity contribution in [2.24, 2.45) is 7.05 Å². The van der Waals surface area contributed by atoms with E-state index in [1.54, 1.807) is 0 Å². The zero-order valence-corrected chi connectivity index (χ0v) is 10.2. The molecule has 0 aliphatic heterocycles. The van der Waals surface area contributed by atoms with Crippen LogP contribution in [0.3, 0.4) is 0 Å². The number of benzene rings is 2. The fraction of sp³-hybridized carbons (Fsp3) is 0.0625. The Morgan fingerprint density at radius 2 is 1.50 bits per heavy atom. The van der Waals surface area contributed by atoms with Gasteiger partial charge in [0.15, 0.2) is 0 Å². The molecule has 1 heterocycles. The van der Waals surface area contributed by atoms with Crippen molar-refractivity contribution in [2.45, 2.75) is 0 Å². The molecule has 0 spiro atoms. The Morgan fingerprint density at radius 1 is 0.833 bits per heavy atom. The molecule has 0 aliphatic rings. The lowest BCUT2D eigenvalue weighted by atomic mass is 9.98. The maximum absolute atomic E-state index is 4.44. The van der Waals surface area contributed by atoms with E-state index in [0.717, 1.165) is 5.69 Å². The van der Waals surface area contributed by atoms with Gasteiger partial charge in [0.25, 0.3) is 0 Å². The lowest BCUT2D eigenvalue weighted by Gasteiger charge is -2.07. The van der Waals surface area contributed by atoms with Gasteiger partial charge in [-0.2, -0.15) is 0 Å². The van der Waals surface area contributed by atoms with Crippen LogP contribution in [0, 0.1) is 0 Å². The Labute approximate surface area is 107 Å². The molecule has 88 valence electrons. The molecule has 0 bridgehead atoms. The number of hydrogen-bond donors (Lipinski definition) is 0. The normalized spacial score (nSPS) is 10.5. The van der Waals surface area contributed by atoms with Gasteiger partial charge in [0, 0.05) is 18.8 Å². The molecule has 0 atom stereocenters. The van der Waals surface area contributed by atoms with Gasteiger partial charge in [-0.05, 0) is 11.1 Å². The van der Waals surface area contributed by atoms with Crippen LogP contribution in [0.4, 0.5) is 0 Å². The van der Waals surface area contributed by atoms with Gasteiger partial charge in [-0.25, -0.2) is 4.98 Å². The largest absolute Gasteiger partial charge is 0.340 e. The molecule has 0 aliphatic carbocycles. The predicted molar refractivity (Wildman–Crippen MR) is 74.1 cm³/mol. The van der Waals surface area contributed by atoms with E-state index in [-0.39, 0.29) is 0 Å². The van der Waals surface area contributed by atoms with Gasteiger partial charge in [0.2, 0.25) is 0 Å². The summed E-state index contributed by atoms with van der Waals surface area (Å²) in [6.45, 7) is 0. The highest BCUT2D eigenvalue weighted by atomic mass is 15.0. The van der Waals surface area contributed by atoms with E-state index in [2.05, 4.69) is 53.5 Å². The number of aryl methyl sites for hydroxylation is 1. The van der Waals surface area contributed by atoms with E-state index in [1.807, 2.05) is 30.2 Å². The first kappa shape index (κ1) is 10.8. The van der Waals surface area contributed by atoms with E-state index >= 15 is 0 Å². The molecule has 3 rings (SSSR count). The molecule has 0 N–H and O–H groups in total. The fourth-order valence-corrected chi connectivity index (χ4v) is 2.13. The first-order valence-corrected chi connectivity index (χ1v) is 5.97. The van der Waals surface area contributed by atoms with E-state index in [9.17, 15) is 0 Å². The highest BCUT2D eigenvalue weighted by molar-refractivity contribution is 5.81. The average Bonchev–Trinajstić information content (AvgIpc) is 2.86. The second-order valence-corrected chi connectivity index (χ2v) is 4.34. The molecule has 0 saturated carbocycles. The molecule has 0 amide bonds. The SMILES string of the molecule is Cn1cnc(-c2ccccc2-c2ccccc2)c1. The summed E-state index contributed by atoms with van der Waals surface area (Å²) in [5, 5.41) is 0. The molecular formula is C16H14N2. The minimum absolute atomic E-state index is 1.01. The summed E-state index contributed by atoms with van der Waals surface area (Å²) in [5.41, 5.74) is 4.62. The zero-order valence-electron chi connectivity index (χ0n) is 10.2. The lowest BCUT2D eigenvalue weighted by Crippen LogP contribution is -1.84. The lowest BCUT2D eigenvalue weighted by molar-refractivity contribution is 0.913. The van der Waals surface area contributed by atoms with Crippen LogP contribution in [0.2, 0.25) is 0 Å². The molecular weight excluding hydrogens is 220 g/mol. The van der Waals surface area contributed by atoms with Gasteiger partial charge in [-0.1, -0.05) is 54.6 Å². The van der Waals surface area contributed by atoms with Crippen LogP contribution in [0.25, 0.3) is 22.4 Å². The van der Waals surface area contributed by atoms with E-state index in [4.69, 9.17) is 0 Å². The molecule has 0 fully saturated rings. The molecule has 0 unspecified atom stereocenters. The standard InChI is InChI=1S/C16H14N2/c1-18-11-16(17-12-18)15-10-6-5-9-14(15)13-7-3-2-4-8-13/h2-12H,1H3. The van der Waals surface area contributed by atoms with Crippen molar-refractivity contribution >= 4 is 0 Å². The van der Waals surface area contributed by atoms with Crippen LogP contribution >= 0.6 is 0 Å². The summed E-state index contributed by atoms with van der Waals surface area (Å²) in [7, 11) is 1.99. The van der Waals surface area contributed by atoms with Crippen molar-refractivity contribution in [3.8, 4) is 22.4 Å². The number of aromatic nitrogens is 2. The van der Waals surface area contributed by atoms with Crippen molar-refractivity contribution in [3.63, 3.8) is 0 Å². The van der Waals surface area contributed by atoms with Crippen LogP contribution in [-0.4, -0.2) is 9.55 Å². The third kappa shape index (κ3) is 1.93. The zero-order chi connectivity index (χ0) is 12.4. The summed E-state index contributed by atoms with van der Waals surface area (Å²) in [5.74, 6) is 0. The first-order valence-electron chi connectivity index (χ1n) is 5.97. The summed E-state index contributed by atoms with van der Waals surface area (Å²) in [4.78, 5) is 4.44. The van der Waals surface area contributed by atoms with Crippen molar-refractivity contribution in [1.82, 2.24) is 9.55 Å². The Bertz CT molecular complexity index is 654. The van der Waals surface area contributed by atoms with Gasteiger partial charge < -0.3 is 4.57 Å². The summed E-state index contributed by atoms with van der Waals surface area (Å²) in [6, 6.07) is 18.8. The number of imidazole rings is 1. The van der Waals surface area contributed by atoms with Gasteiger partial charge in [-0.15, -0.1) is 0 Å². The third-order valence-corrected chi connectivity index (χ3v) is 2.99. The van der Waals surface area contributed by atoms with Gasteiger partial charge in [0.1, 0.15) is 0 Å². The second-order valence-electron chi connectivity index (χ2n) is 4.34. The van der Waals surface area contributed by atoms with E-state index in [0.29, 0.717) is 0 Å². The molecule has 3 aromatic rings. The molecule has 18 heavy (non-hydrogen) atoms.